The van der Waals surface area contributed by atoms with Crippen molar-refractivity contribution in [3.63, 3.8) is 0 Å². The fourth-order valence-corrected chi connectivity index (χ4v) is 1.82. The van der Waals surface area contributed by atoms with Crippen molar-refractivity contribution in [3.8, 4) is 0 Å². The van der Waals surface area contributed by atoms with Gasteiger partial charge in [0.1, 0.15) is 6.17 Å². The average Bonchev–Trinajstić information content (AvgIpc) is 2.59. The standard InChI is InChI=1S/C12H16FN3/c1-7(2)10-6-14-16-11(9(4)13)5-8(3)15-12(10)16/h5-7,9H,1-4H3. The van der Waals surface area contributed by atoms with E-state index in [1.165, 1.54) is 6.92 Å². The Balaban J connectivity index is 2.75. The van der Waals surface area contributed by atoms with Gasteiger partial charge in [0.15, 0.2) is 5.65 Å². The third-order valence-corrected chi connectivity index (χ3v) is 2.68. The Morgan fingerprint density at radius 3 is 2.56 bits per heavy atom. The Labute approximate surface area is 94.3 Å². The lowest BCUT2D eigenvalue weighted by Gasteiger charge is -2.08. The number of aromatic nitrogens is 3. The monoisotopic (exact) mass is 221 g/mol. The second-order valence-corrected chi connectivity index (χ2v) is 4.43. The quantitative estimate of drug-likeness (QED) is 0.779. The minimum absolute atomic E-state index is 0.342. The molecule has 0 spiro atoms. The van der Waals surface area contributed by atoms with Gasteiger partial charge in [0.05, 0.1) is 11.9 Å². The molecule has 0 aromatic carbocycles. The van der Waals surface area contributed by atoms with E-state index >= 15 is 0 Å². The number of nitrogens with zero attached hydrogens (tertiary/aromatic N) is 3. The Morgan fingerprint density at radius 1 is 1.31 bits per heavy atom. The maximum atomic E-state index is 13.5. The molecule has 0 amide bonds. The van der Waals surface area contributed by atoms with E-state index in [1.807, 2.05) is 6.92 Å². The molecular formula is C12H16FN3. The van der Waals surface area contributed by atoms with Crippen molar-refractivity contribution in [2.75, 3.05) is 0 Å². The van der Waals surface area contributed by atoms with Crippen molar-refractivity contribution >= 4 is 5.65 Å². The van der Waals surface area contributed by atoms with Crippen LogP contribution >= 0.6 is 0 Å². The summed E-state index contributed by atoms with van der Waals surface area (Å²) in [6.45, 7) is 7.56. The second kappa shape index (κ2) is 3.85. The molecule has 0 N–H and O–H groups in total. The van der Waals surface area contributed by atoms with E-state index in [0.29, 0.717) is 11.6 Å². The third-order valence-electron chi connectivity index (χ3n) is 2.68. The van der Waals surface area contributed by atoms with Crippen LogP contribution in [-0.4, -0.2) is 14.6 Å². The molecule has 2 rings (SSSR count). The first-order valence-electron chi connectivity index (χ1n) is 5.50. The van der Waals surface area contributed by atoms with Crippen LogP contribution in [0.15, 0.2) is 12.3 Å². The van der Waals surface area contributed by atoms with E-state index < -0.39 is 6.17 Å². The van der Waals surface area contributed by atoms with Crippen LogP contribution in [-0.2, 0) is 0 Å². The molecule has 3 nitrogen and oxygen atoms in total. The number of rotatable bonds is 2. The Bertz CT molecular complexity index is 514. The first kappa shape index (κ1) is 11.0. The normalized spacial score (nSPS) is 13.6. The minimum atomic E-state index is -1.04. The number of hydrogen-bond donors (Lipinski definition) is 0. The summed E-state index contributed by atoms with van der Waals surface area (Å²) < 4.78 is 15.1. The summed E-state index contributed by atoms with van der Waals surface area (Å²) >= 11 is 0. The largest absolute Gasteiger partial charge is 0.241 e. The molecule has 4 heteroatoms. The molecule has 0 radical (unpaired) electrons. The molecule has 0 aliphatic carbocycles. The second-order valence-electron chi connectivity index (χ2n) is 4.43. The van der Waals surface area contributed by atoms with Crippen LogP contribution in [0.3, 0.4) is 0 Å². The highest BCUT2D eigenvalue weighted by Gasteiger charge is 2.15. The summed E-state index contributed by atoms with van der Waals surface area (Å²) in [5.41, 5.74) is 3.23. The topological polar surface area (TPSA) is 30.2 Å². The van der Waals surface area contributed by atoms with Gasteiger partial charge >= 0.3 is 0 Å². The van der Waals surface area contributed by atoms with E-state index in [2.05, 4.69) is 23.9 Å². The van der Waals surface area contributed by atoms with Crippen LogP contribution in [0.4, 0.5) is 4.39 Å². The van der Waals surface area contributed by atoms with Crippen LogP contribution in [0.5, 0.6) is 0 Å². The fraction of sp³-hybridized carbons (Fsp3) is 0.500. The highest BCUT2D eigenvalue weighted by Crippen LogP contribution is 2.23. The maximum Gasteiger partial charge on any atom is 0.159 e. The van der Waals surface area contributed by atoms with Crippen molar-refractivity contribution in [2.45, 2.75) is 39.8 Å². The Hall–Kier alpha value is -1.45. The van der Waals surface area contributed by atoms with Gasteiger partial charge in [-0.3, -0.25) is 0 Å². The molecule has 2 heterocycles. The van der Waals surface area contributed by atoms with Gasteiger partial charge in [-0.05, 0) is 25.8 Å². The number of fused-ring (bicyclic) bond motifs is 1. The summed E-state index contributed by atoms with van der Waals surface area (Å²) in [6.07, 6.45) is 0.738. The molecule has 0 aliphatic heterocycles. The zero-order valence-corrected chi connectivity index (χ0v) is 10.0. The average molecular weight is 221 g/mol. The SMILES string of the molecule is Cc1cc(C(C)F)n2ncc(C(C)C)c2n1. The van der Waals surface area contributed by atoms with E-state index in [9.17, 15) is 4.39 Å². The van der Waals surface area contributed by atoms with Crippen LogP contribution in [0.25, 0.3) is 5.65 Å². The molecule has 2 aromatic heterocycles. The highest BCUT2D eigenvalue weighted by molar-refractivity contribution is 5.49. The van der Waals surface area contributed by atoms with Gasteiger partial charge in [-0.15, -0.1) is 0 Å². The molecule has 0 saturated heterocycles. The summed E-state index contributed by atoms with van der Waals surface area (Å²) in [5.74, 6) is 0.342. The minimum Gasteiger partial charge on any atom is -0.241 e. The van der Waals surface area contributed by atoms with Crippen LogP contribution in [0, 0.1) is 6.92 Å². The van der Waals surface area contributed by atoms with Crippen LogP contribution in [0.2, 0.25) is 0 Å². The number of halogens is 1. The van der Waals surface area contributed by atoms with E-state index in [0.717, 1.165) is 16.9 Å². The number of aryl methyl sites for hydroxylation is 1. The van der Waals surface area contributed by atoms with Crippen molar-refractivity contribution in [2.24, 2.45) is 0 Å². The molecule has 1 unspecified atom stereocenters. The zero-order chi connectivity index (χ0) is 11.9. The molecule has 86 valence electrons. The molecule has 0 saturated carbocycles. The maximum absolute atomic E-state index is 13.5. The first-order valence-corrected chi connectivity index (χ1v) is 5.50. The van der Waals surface area contributed by atoms with Crippen molar-refractivity contribution < 1.29 is 4.39 Å². The lowest BCUT2D eigenvalue weighted by Crippen LogP contribution is -2.03. The van der Waals surface area contributed by atoms with Crippen LogP contribution in [0.1, 0.15) is 49.8 Å². The van der Waals surface area contributed by atoms with Gasteiger partial charge in [-0.1, -0.05) is 13.8 Å². The van der Waals surface area contributed by atoms with E-state index in [4.69, 9.17) is 0 Å². The number of hydrogen-bond acceptors (Lipinski definition) is 2. The van der Waals surface area contributed by atoms with Crippen molar-refractivity contribution in [3.05, 3.63) is 29.2 Å². The van der Waals surface area contributed by atoms with Crippen molar-refractivity contribution in [1.82, 2.24) is 14.6 Å². The van der Waals surface area contributed by atoms with Crippen LogP contribution < -0.4 is 0 Å². The molecule has 1 atom stereocenters. The summed E-state index contributed by atoms with van der Waals surface area (Å²) in [6, 6.07) is 1.74. The number of alkyl halides is 1. The molecule has 0 bridgehead atoms. The fourth-order valence-electron chi connectivity index (χ4n) is 1.82. The van der Waals surface area contributed by atoms with Gasteiger partial charge < -0.3 is 0 Å². The Kier molecular flexibility index (Phi) is 2.66. The van der Waals surface area contributed by atoms with Crippen molar-refractivity contribution in [1.29, 1.82) is 0 Å². The molecular weight excluding hydrogens is 205 g/mol. The van der Waals surface area contributed by atoms with E-state index in [-0.39, 0.29) is 0 Å². The predicted octanol–water partition coefficient (Wildman–Crippen LogP) is 3.19. The van der Waals surface area contributed by atoms with Gasteiger partial charge in [0.2, 0.25) is 0 Å². The smallest absolute Gasteiger partial charge is 0.159 e. The lowest BCUT2D eigenvalue weighted by atomic mass is 10.1. The summed E-state index contributed by atoms with van der Waals surface area (Å²) in [5, 5.41) is 4.22. The zero-order valence-electron chi connectivity index (χ0n) is 10.0. The lowest BCUT2D eigenvalue weighted by molar-refractivity contribution is 0.359. The van der Waals surface area contributed by atoms with Gasteiger partial charge in [0, 0.05) is 11.3 Å². The van der Waals surface area contributed by atoms with Gasteiger partial charge in [-0.25, -0.2) is 13.9 Å². The summed E-state index contributed by atoms with van der Waals surface area (Å²) in [7, 11) is 0. The highest BCUT2D eigenvalue weighted by atomic mass is 19.1. The third kappa shape index (κ3) is 1.68. The first-order chi connectivity index (χ1) is 7.50. The van der Waals surface area contributed by atoms with Gasteiger partial charge in [-0.2, -0.15) is 5.10 Å². The Morgan fingerprint density at radius 2 is 2.00 bits per heavy atom. The van der Waals surface area contributed by atoms with Gasteiger partial charge in [0.25, 0.3) is 0 Å². The molecule has 0 fully saturated rings. The van der Waals surface area contributed by atoms with E-state index in [1.54, 1.807) is 16.8 Å². The summed E-state index contributed by atoms with van der Waals surface area (Å²) in [4.78, 5) is 4.43. The molecule has 16 heavy (non-hydrogen) atoms. The molecule has 2 aromatic rings. The molecule has 0 aliphatic rings. The predicted molar refractivity (Wildman–Crippen MR) is 61.3 cm³/mol.